The molecule has 30 heavy (non-hydrogen) atoms. The molecule has 0 aromatic heterocycles. The fourth-order valence-electron chi connectivity index (χ4n) is 2.71. The van der Waals surface area contributed by atoms with Crippen molar-refractivity contribution in [2.45, 2.75) is 6.61 Å². The van der Waals surface area contributed by atoms with Crippen molar-refractivity contribution in [3.05, 3.63) is 99.7 Å². The highest BCUT2D eigenvalue weighted by Crippen LogP contribution is 2.29. The molecule has 1 aliphatic heterocycles. The molecule has 4 rings (SSSR count). The van der Waals surface area contributed by atoms with Crippen LogP contribution in [0, 0.1) is 5.82 Å². The molecule has 0 bridgehead atoms. The summed E-state index contributed by atoms with van der Waals surface area (Å²) < 4.78 is 18.8. The van der Waals surface area contributed by atoms with Crippen molar-refractivity contribution in [3.63, 3.8) is 0 Å². The summed E-state index contributed by atoms with van der Waals surface area (Å²) in [4.78, 5) is 17.3. The van der Waals surface area contributed by atoms with Crippen molar-refractivity contribution < 1.29 is 13.9 Å². The Balaban J connectivity index is 1.45. The first kappa shape index (κ1) is 20.2. The summed E-state index contributed by atoms with van der Waals surface area (Å²) in [6.45, 7) is 0.327. The zero-order valence-electron chi connectivity index (χ0n) is 15.6. The third-order valence-corrected chi connectivity index (χ3v) is 5.34. The van der Waals surface area contributed by atoms with E-state index in [9.17, 15) is 9.18 Å². The van der Waals surface area contributed by atoms with E-state index in [0.29, 0.717) is 33.1 Å². The predicted octanol–water partition coefficient (Wildman–Crippen LogP) is 5.95. The van der Waals surface area contributed by atoms with Gasteiger partial charge in [0.2, 0.25) is 0 Å². The van der Waals surface area contributed by atoms with E-state index in [-0.39, 0.29) is 11.7 Å². The van der Waals surface area contributed by atoms with E-state index < -0.39 is 0 Å². The molecule has 1 N–H and O–H groups in total. The molecule has 3 aromatic carbocycles. The zero-order chi connectivity index (χ0) is 20.9. The van der Waals surface area contributed by atoms with Crippen LogP contribution in [0.25, 0.3) is 6.08 Å². The van der Waals surface area contributed by atoms with Gasteiger partial charge in [0, 0.05) is 5.02 Å². The highest BCUT2D eigenvalue weighted by molar-refractivity contribution is 8.18. The summed E-state index contributed by atoms with van der Waals surface area (Å²) in [7, 11) is 0. The molecule has 7 heteroatoms. The van der Waals surface area contributed by atoms with Gasteiger partial charge in [0.15, 0.2) is 5.17 Å². The molecule has 0 unspecified atom stereocenters. The van der Waals surface area contributed by atoms with Gasteiger partial charge in [0.1, 0.15) is 18.2 Å². The number of benzene rings is 3. The first-order valence-corrected chi connectivity index (χ1v) is 10.3. The van der Waals surface area contributed by atoms with Gasteiger partial charge in [-0.1, -0.05) is 35.9 Å². The SMILES string of the molecule is O=C1NC(=Nc2ccc(Cl)cc2)S/C1=C\c1cccc(OCc2ccc(F)cc2)c1. The number of aliphatic imine (C=N–C) groups is 1. The summed E-state index contributed by atoms with van der Waals surface area (Å²) in [5.41, 5.74) is 2.41. The molecule has 1 saturated heterocycles. The van der Waals surface area contributed by atoms with Gasteiger partial charge < -0.3 is 10.1 Å². The number of nitrogens with one attached hydrogen (secondary N) is 1. The van der Waals surface area contributed by atoms with Gasteiger partial charge >= 0.3 is 0 Å². The Morgan fingerprint density at radius 3 is 2.60 bits per heavy atom. The maximum atomic E-state index is 13.0. The molecule has 4 nitrogen and oxygen atoms in total. The van der Waals surface area contributed by atoms with Gasteiger partial charge in [-0.05, 0) is 77.5 Å². The Hall–Kier alpha value is -3.09. The van der Waals surface area contributed by atoms with Crippen LogP contribution in [0.5, 0.6) is 5.75 Å². The highest BCUT2D eigenvalue weighted by Gasteiger charge is 2.23. The number of ether oxygens (including phenoxy) is 1. The fraction of sp³-hybridized carbons (Fsp3) is 0.0435. The number of amides is 1. The Bertz CT molecular complexity index is 1130. The average Bonchev–Trinajstić information content (AvgIpc) is 3.08. The number of amidine groups is 1. The Kier molecular flexibility index (Phi) is 6.16. The predicted molar refractivity (Wildman–Crippen MR) is 119 cm³/mol. The van der Waals surface area contributed by atoms with Gasteiger partial charge in [-0.2, -0.15) is 0 Å². The molecule has 0 aliphatic carbocycles. The zero-order valence-corrected chi connectivity index (χ0v) is 17.2. The lowest BCUT2D eigenvalue weighted by Crippen LogP contribution is -2.19. The van der Waals surface area contributed by atoms with Crippen LogP contribution >= 0.6 is 23.4 Å². The van der Waals surface area contributed by atoms with E-state index in [1.807, 2.05) is 24.3 Å². The minimum Gasteiger partial charge on any atom is -0.489 e. The number of nitrogens with zero attached hydrogens (tertiary/aromatic N) is 1. The van der Waals surface area contributed by atoms with Crippen LogP contribution in [-0.2, 0) is 11.4 Å². The van der Waals surface area contributed by atoms with E-state index >= 15 is 0 Å². The summed E-state index contributed by atoms with van der Waals surface area (Å²) in [5, 5.41) is 3.90. The molecular formula is C23H16ClFN2O2S. The number of thioether (sulfide) groups is 1. The summed E-state index contributed by atoms with van der Waals surface area (Å²) in [5.74, 6) is 0.177. The Labute approximate surface area is 182 Å². The molecule has 1 amide bonds. The van der Waals surface area contributed by atoms with Crippen LogP contribution in [0.1, 0.15) is 11.1 Å². The van der Waals surface area contributed by atoms with Crippen LogP contribution in [0.2, 0.25) is 5.02 Å². The standard InChI is InChI=1S/C23H16ClFN2O2S/c24-17-6-10-19(11-7-17)26-23-27-22(28)21(30-23)13-16-2-1-3-20(12-16)29-14-15-4-8-18(25)9-5-15/h1-13H,14H2,(H,26,27,28)/b21-13-. The summed E-state index contributed by atoms with van der Waals surface area (Å²) in [6.07, 6.45) is 1.79. The van der Waals surface area contributed by atoms with E-state index in [2.05, 4.69) is 10.3 Å². The molecular weight excluding hydrogens is 423 g/mol. The first-order valence-electron chi connectivity index (χ1n) is 9.08. The smallest absolute Gasteiger partial charge is 0.264 e. The van der Waals surface area contributed by atoms with Gasteiger partial charge in [-0.25, -0.2) is 9.38 Å². The lowest BCUT2D eigenvalue weighted by Gasteiger charge is -2.07. The maximum Gasteiger partial charge on any atom is 0.264 e. The second-order valence-corrected chi connectivity index (χ2v) is 7.91. The lowest BCUT2D eigenvalue weighted by atomic mass is 10.2. The van der Waals surface area contributed by atoms with Crippen molar-refractivity contribution >= 4 is 46.2 Å². The van der Waals surface area contributed by atoms with E-state index in [4.69, 9.17) is 16.3 Å². The van der Waals surface area contributed by atoms with Crippen LogP contribution in [-0.4, -0.2) is 11.1 Å². The second-order valence-electron chi connectivity index (χ2n) is 6.45. The van der Waals surface area contributed by atoms with Crippen LogP contribution < -0.4 is 10.1 Å². The van der Waals surface area contributed by atoms with Crippen molar-refractivity contribution in [3.8, 4) is 5.75 Å². The number of hydrogen-bond donors (Lipinski definition) is 1. The van der Waals surface area contributed by atoms with Crippen LogP contribution in [0.3, 0.4) is 0 Å². The third kappa shape index (κ3) is 5.28. The van der Waals surface area contributed by atoms with E-state index in [0.717, 1.165) is 11.1 Å². The van der Waals surface area contributed by atoms with Crippen LogP contribution in [0.15, 0.2) is 82.7 Å². The number of halogens is 2. The molecule has 150 valence electrons. The monoisotopic (exact) mass is 438 g/mol. The third-order valence-electron chi connectivity index (χ3n) is 4.18. The molecule has 1 aliphatic rings. The first-order chi connectivity index (χ1) is 14.5. The number of hydrogen-bond acceptors (Lipinski definition) is 4. The molecule has 1 fully saturated rings. The fourth-order valence-corrected chi connectivity index (χ4v) is 3.67. The minimum absolute atomic E-state index is 0.203. The summed E-state index contributed by atoms with van der Waals surface area (Å²) >= 11 is 7.15. The number of carbonyl (C=O) groups is 1. The van der Waals surface area contributed by atoms with Crippen molar-refractivity contribution in [2.75, 3.05) is 0 Å². The number of carbonyl (C=O) groups excluding carboxylic acids is 1. The molecule has 0 saturated carbocycles. The minimum atomic E-state index is -0.279. The molecule has 0 spiro atoms. The average molecular weight is 439 g/mol. The highest BCUT2D eigenvalue weighted by atomic mass is 35.5. The van der Waals surface area contributed by atoms with Crippen molar-refractivity contribution in [1.82, 2.24) is 5.32 Å². The molecule has 3 aromatic rings. The van der Waals surface area contributed by atoms with Gasteiger partial charge in [0.05, 0.1) is 10.6 Å². The molecule has 1 heterocycles. The van der Waals surface area contributed by atoms with E-state index in [1.165, 1.54) is 23.9 Å². The van der Waals surface area contributed by atoms with Crippen LogP contribution in [0.4, 0.5) is 10.1 Å². The second kappa shape index (κ2) is 9.15. The topological polar surface area (TPSA) is 50.7 Å². The van der Waals surface area contributed by atoms with Crippen molar-refractivity contribution in [2.24, 2.45) is 4.99 Å². The molecule has 0 atom stereocenters. The normalized spacial score (nSPS) is 16.1. The maximum absolute atomic E-state index is 13.0. The van der Waals surface area contributed by atoms with E-state index in [1.54, 1.807) is 42.5 Å². The van der Waals surface area contributed by atoms with Gasteiger partial charge in [-0.15, -0.1) is 0 Å². The quantitative estimate of drug-likeness (QED) is 0.501. The summed E-state index contributed by atoms with van der Waals surface area (Å²) in [6, 6.07) is 20.7. The largest absolute Gasteiger partial charge is 0.489 e. The molecule has 0 radical (unpaired) electrons. The Morgan fingerprint density at radius 1 is 1.07 bits per heavy atom. The van der Waals surface area contributed by atoms with Crippen molar-refractivity contribution in [1.29, 1.82) is 0 Å². The van der Waals surface area contributed by atoms with Gasteiger partial charge in [-0.3, -0.25) is 4.79 Å². The lowest BCUT2D eigenvalue weighted by molar-refractivity contribution is -0.115. The van der Waals surface area contributed by atoms with Gasteiger partial charge in [0.25, 0.3) is 5.91 Å². The Morgan fingerprint density at radius 2 is 1.83 bits per heavy atom. The number of rotatable bonds is 5.